The van der Waals surface area contributed by atoms with Crippen molar-refractivity contribution in [3.05, 3.63) is 47.7 Å². The van der Waals surface area contributed by atoms with Crippen LogP contribution >= 0.6 is 0 Å². The number of hydrogen-bond donors (Lipinski definition) is 1. The van der Waals surface area contributed by atoms with Crippen molar-refractivity contribution in [2.45, 2.75) is 6.18 Å². The Morgan fingerprint density at radius 1 is 1.24 bits per heavy atom. The number of carbonyl (C=O) groups excluding carboxylic acids is 1. The third-order valence-corrected chi connectivity index (χ3v) is 2.79. The summed E-state index contributed by atoms with van der Waals surface area (Å²) in [5.74, 6) is -0.615. The smallest absolute Gasteiger partial charge is 0.433 e. The topological polar surface area (TPSA) is 65.2 Å². The van der Waals surface area contributed by atoms with Crippen LogP contribution in [0.3, 0.4) is 0 Å². The Bertz CT molecular complexity index is 684. The second-order valence-electron chi connectivity index (χ2n) is 4.20. The van der Waals surface area contributed by atoms with Gasteiger partial charge in [0, 0.05) is 11.3 Å². The van der Waals surface area contributed by atoms with Gasteiger partial charge in [0.05, 0.1) is 18.4 Å². The molecule has 110 valence electrons. The molecule has 21 heavy (non-hydrogen) atoms. The number of alkyl halides is 3. The first-order chi connectivity index (χ1) is 9.82. The fraction of sp³-hybridized carbons (Fsp3) is 0.143. The molecular weight excluding hydrogens is 285 g/mol. The normalized spacial score (nSPS) is 11.2. The average molecular weight is 296 g/mol. The molecule has 1 aromatic heterocycles. The van der Waals surface area contributed by atoms with Gasteiger partial charge in [0.1, 0.15) is 5.69 Å². The van der Waals surface area contributed by atoms with E-state index in [1.54, 1.807) is 0 Å². The van der Waals surface area contributed by atoms with Gasteiger partial charge in [0.25, 0.3) is 0 Å². The molecule has 0 unspecified atom stereocenters. The highest BCUT2D eigenvalue weighted by Crippen LogP contribution is 2.30. The molecule has 0 aliphatic heterocycles. The first-order valence-corrected chi connectivity index (χ1v) is 5.85. The Kier molecular flexibility index (Phi) is 3.84. The number of nitrogen functional groups attached to an aromatic ring is 1. The molecule has 0 saturated heterocycles. The minimum atomic E-state index is -4.52. The van der Waals surface area contributed by atoms with Crippen molar-refractivity contribution < 1.29 is 22.7 Å². The zero-order chi connectivity index (χ0) is 15.6. The monoisotopic (exact) mass is 296 g/mol. The number of ether oxygens (including phenoxy) is 1. The Morgan fingerprint density at radius 3 is 2.52 bits per heavy atom. The molecular formula is C14H11F3N2O2. The number of rotatable bonds is 2. The number of esters is 1. The number of benzene rings is 1. The van der Waals surface area contributed by atoms with Crippen LogP contribution in [0, 0.1) is 0 Å². The second kappa shape index (κ2) is 5.43. The fourth-order valence-corrected chi connectivity index (χ4v) is 1.77. The lowest BCUT2D eigenvalue weighted by molar-refractivity contribution is -0.141. The molecule has 0 aliphatic rings. The lowest BCUT2D eigenvalue weighted by Crippen LogP contribution is -2.08. The van der Waals surface area contributed by atoms with E-state index < -0.39 is 17.8 Å². The van der Waals surface area contributed by atoms with Crippen molar-refractivity contribution >= 4 is 11.7 Å². The summed E-state index contributed by atoms with van der Waals surface area (Å²) in [5.41, 5.74) is 5.47. The molecule has 2 N–H and O–H groups in total. The number of anilines is 1. The van der Waals surface area contributed by atoms with Crippen molar-refractivity contribution in [3.8, 4) is 11.3 Å². The van der Waals surface area contributed by atoms with Crippen molar-refractivity contribution in [1.82, 2.24) is 4.98 Å². The molecule has 0 aliphatic carbocycles. The Labute approximate surface area is 118 Å². The minimum Gasteiger partial charge on any atom is -0.465 e. The van der Waals surface area contributed by atoms with Gasteiger partial charge in [0.2, 0.25) is 0 Å². The molecule has 4 nitrogen and oxygen atoms in total. The highest BCUT2D eigenvalue weighted by Gasteiger charge is 2.32. The zero-order valence-electron chi connectivity index (χ0n) is 10.9. The summed E-state index contributed by atoms with van der Waals surface area (Å²) in [5, 5.41) is 0. The number of halogens is 3. The highest BCUT2D eigenvalue weighted by atomic mass is 19.4. The van der Waals surface area contributed by atoms with E-state index >= 15 is 0 Å². The molecule has 0 bridgehead atoms. The quantitative estimate of drug-likeness (QED) is 0.683. The van der Waals surface area contributed by atoms with E-state index in [0.29, 0.717) is 5.56 Å². The summed E-state index contributed by atoms with van der Waals surface area (Å²) >= 11 is 0. The minimum absolute atomic E-state index is 0.110. The van der Waals surface area contributed by atoms with Gasteiger partial charge in [-0.1, -0.05) is 12.1 Å². The van der Waals surface area contributed by atoms with Crippen molar-refractivity contribution in [2.75, 3.05) is 12.8 Å². The molecule has 0 spiro atoms. The standard InChI is InChI=1S/C14H11F3N2O2/c1-21-13(20)9-6-5-8(7-10(9)18)11-3-2-4-12(19-11)14(15,16)17/h2-7H,18H2,1H3. The predicted octanol–water partition coefficient (Wildman–Crippen LogP) is 3.14. The van der Waals surface area contributed by atoms with Gasteiger partial charge in [-0.05, 0) is 24.3 Å². The molecule has 1 heterocycles. The van der Waals surface area contributed by atoms with Crippen molar-refractivity contribution in [1.29, 1.82) is 0 Å². The summed E-state index contributed by atoms with van der Waals surface area (Å²) in [6, 6.07) is 7.81. The summed E-state index contributed by atoms with van der Waals surface area (Å²) in [4.78, 5) is 15.0. The van der Waals surface area contributed by atoms with Crippen LogP contribution in [0.1, 0.15) is 16.1 Å². The molecule has 0 fully saturated rings. The Balaban J connectivity index is 2.44. The van der Waals surface area contributed by atoms with Gasteiger partial charge in [0.15, 0.2) is 0 Å². The van der Waals surface area contributed by atoms with Gasteiger partial charge in [-0.2, -0.15) is 13.2 Å². The average Bonchev–Trinajstić information content (AvgIpc) is 2.45. The third-order valence-electron chi connectivity index (χ3n) is 2.79. The van der Waals surface area contributed by atoms with E-state index in [2.05, 4.69) is 9.72 Å². The fourth-order valence-electron chi connectivity index (χ4n) is 1.77. The van der Waals surface area contributed by atoms with Crippen LogP contribution < -0.4 is 5.73 Å². The molecule has 2 aromatic rings. The summed E-state index contributed by atoms with van der Waals surface area (Å²) in [7, 11) is 1.21. The largest absolute Gasteiger partial charge is 0.465 e. The summed E-state index contributed by atoms with van der Waals surface area (Å²) in [6.07, 6.45) is -4.52. The predicted molar refractivity (Wildman–Crippen MR) is 70.4 cm³/mol. The van der Waals surface area contributed by atoms with E-state index in [1.165, 1.54) is 37.4 Å². The maximum atomic E-state index is 12.6. The zero-order valence-corrected chi connectivity index (χ0v) is 10.9. The number of carbonyl (C=O) groups is 1. The SMILES string of the molecule is COC(=O)c1ccc(-c2cccc(C(F)(F)F)n2)cc1N. The molecule has 0 atom stereocenters. The van der Waals surface area contributed by atoms with E-state index in [1.807, 2.05) is 0 Å². The van der Waals surface area contributed by atoms with Gasteiger partial charge in [-0.25, -0.2) is 9.78 Å². The second-order valence-corrected chi connectivity index (χ2v) is 4.20. The van der Waals surface area contributed by atoms with Crippen LogP contribution in [0.4, 0.5) is 18.9 Å². The molecule has 7 heteroatoms. The van der Waals surface area contributed by atoms with Gasteiger partial charge in [-0.15, -0.1) is 0 Å². The number of aromatic nitrogens is 1. The van der Waals surface area contributed by atoms with Crippen LogP contribution in [0.5, 0.6) is 0 Å². The first kappa shape index (κ1) is 14.8. The van der Waals surface area contributed by atoms with E-state index in [4.69, 9.17) is 5.73 Å². The van der Waals surface area contributed by atoms with Gasteiger partial charge < -0.3 is 10.5 Å². The lowest BCUT2D eigenvalue weighted by atomic mass is 10.1. The third kappa shape index (κ3) is 3.13. The van der Waals surface area contributed by atoms with Gasteiger partial charge >= 0.3 is 12.1 Å². The Morgan fingerprint density at radius 2 is 1.95 bits per heavy atom. The number of methoxy groups -OCH3 is 1. The number of pyridine rings is 1. The van der Waals surface area contributed by atoms with Crippen molar-refractivity contribution in [3.63, 3.8) is 0 Å². The first-order valence-electron chi connectivity index (χ1n) is 5.85. The molecule has 0 saturated carbocycles. The summed E-state index contributed by atoms with van der Waals surface area (Å²) in [6.45, 7) is 0. The number of hydrogen-bond acceptors (Lipinski definition) is 4. The van der Waals surface area contributed by atoms with Crippen LogP contribution in [-0.2, 0) is 10.9 Å². The van der Waals surface area contributed by atoms with Gasteiger partial charge in [-0.3, -0.25) is 0 Å². The summed E-state index contributed by atoms with van der Waals surface area (Å²) < 4.78 is 42.4. The van der Waals surface area contributed by atoms with E-state index in [0.717, 1.165) is 6.07 Å². The maximum Gasteiger partial charge on any atom is 0.433 e. The molecule has 0 radical (unpaired) electrons. The molecule has 0 amide bonds. The maximum absolute atomic E-state index is 12.6. The number of nitrogens with zero attached hydrogens (tertiary/aromatic N) is 1. The van der Waals surface area contributed by atoms with Crippen LogP contribution in [0.2, 0.25) is 0 Å². The van der Waals surface area contributed by atoms with E-state index in [-0.39, 0.29) is 16.9 Å². The van der Waals surface area contributed by atoms with Crippen LogP contribution in [0.15, 0.2) is 36.4 Å². The highest BCUT2D eigenvalue weighted by molar-refractivity contribution is 5.96. The van der Waals surface area contributed by atoms with Crippen molar-refractivity contribution in [2.24, 2.45) is 0 Å². The lowest BCUT2D eigenvalue weighted by Gasteiger charge is -2.09. The number of nitrogens with two attached hydrogens (primary N) is 1. The van der Waals surface area contributed by atoms with Crippen LogP contribution in [-0.4, -0.2) is 18.1 Å². The molecule has 1 aromatic carbocycles. The van der Waals surface area contributed by atoms with E-state index in [9.17, 15) is 18.0 Å². The van der Waals surface area contributed by atoms with Crippen LogP contribution in [0.25, 0.3) is 11.3 Å². The molecule has 2 rings (SSSR count). The Hall–Kier alpha value is -2.57.